The third-order valence-electron chi connectivity index (χ3n) is 4.32. The van der Waals surface area contributed by atoms with Crippen molar-refractivity contribution in [1.82, 2.24) is 15.0 Å². The van der Waals surface area contributed by atoms with Crippen LogP contribution < -0.4 is 10.6 Å². The average molecular weight is 455 g/mol. The smallest absolute Gasteiger partial charge is 0.341 e. The molecule has 3 rings (SSSR count). The fourth-order valence-electron chi connectivity index (χ4n) is 2.76. The van der Waals surface area contributed by atoms with E-state index in [9.17, 15) is 14.9 Å². The number of nitro groups is 1. The van der Waals surface area contributed by atoms with Gasteiger partial charge in [-0.15, -0.1) is 11.8 Å². The molecule has 0 aliphatic rings. The summed E-state index contributed by atoms with van der Waals surface area (Å²) >= 11 is 1.63. The highest BCUT2D eigenvalue weighted by molar-refractivity contribution is 7.98. The van der Waals surface area contributed by atoms with Crippen molar-refractivity contribution in [3.05, 3.63) is 64.5 Å². The molecule has 10 nitrogen and oxygen atoms in total. The van der Waals surface area contributed by atoms with E-state index in [0.29, 0.717) is 36.1 Å². The van der Waals surface area contributed by atoms with Crippen LogP contribution in [0.4, 0.5) is 17.5 Å². The molecule has 0 fully saturated rings. The first kappa shape index (κ1) is 22.9. The first-order valence-corrected chi connectivity index (χ1v) is 11.0. The normalized spacial score (nSPS) is 10.4. The maximum absolute atomic E-state index is 12.4. The van der Waals surface area contributed by atoms with Gasteiger partial charge in [-0.3, -0.25) is 10.1 Å². The third-order valence-corrected chi connectivity index (χ3v) is 5.06. The summed E-state index contributed by atoms with van der Waals surface area (Å²) in [6.45, 7) is 2.94. The van der Waals surface area contributed by atoms with E-state index in [-0.39, 0.29) is 12.3 Å². The zero-order valence-electron chi connectivity index (χ0n) is 17.6. The standard InChI is InChI=1S/C21H22N6O4S/c1-3-31-20(28)17-13-25-21(26-19(17)14-4-7-16(32-2)8-5-14)23-11-10-22-18-9-6-15(12-24-18)27(29)30/h4-9,12-13H,3,10-11H2,1-2H3,(H,22,24)(H,23,25,26). The lowest BCUT2D eigenvalue weighted by Gasteiger charge is -2.12. The molecule has 166 valence electrons. The number of anilines is 2. The van der Waals surface area contributed by atoms with Crippen molar-refractivity contribution in [2.24, 2.45) is 0 Å². The first-order chi connectivity index (χ1) is 15.5. The first-order valence-electron chi connectivity index (χ1n) is 9.78. The van der Waals surface area contributed by atoms with Gasteiger partial charge >= 0.3 is 5.97 Å². The Morgan fingerprint density at radius 2 is 1.84 bits per heavy atom. The SMILES string of the molecule is CCOC(=O)c1cnc(NCCNc2ccc([N+](=O)[O-])cn2)nc1-c1ccc(SC)cc1. The number of nitrogens with zero attached hydrogens (tertiary/aromatic N) is 4. The number of thioether (sulfide) groups is 1. The van der Waals surface area contributed by atoms with Gasteiger partial charge in [0, 0.05) is 35.8 Å². The third kappa shape index (κ3) is 5.91. The van der Waals surface area contributed by atoms with Crippen LogP contribution in [0, 0.1) is 10.1 Å². The molecule has 0 bridgehead atoms. The second-order valence-corrected chi connectivity index (χ2v) is 7.30. The molecule has 2 heterocycles. The van der Waals surface area contributed by atoms with Crippen LogP contribution in [-0.4, -0.2) is 51.8 Å². The number of benzene rings is 1. The molecule has 2 N–H and O–H groups in total. The van der Waals surface area contributed by atoms with Gasteiger partial charge in [-0.1, -0.05) is 12.1 Å². The van der Waals surface area contributed by atoms with E-state index in [1.165, 1.54) is 18.5 Å². The molecule has 0 unspecified atom stereocenters. The van der Waals surface area contributed by atoms with E-state index in [4.69, 9.17) is 4.74 Å². The van der Waals surface area contributed by atoms with Gasteiger partial charge in [0.1, 0.15) is 17.6 Å². The minimum absolute atomic E-state index is 0.0677. The quantitative estimate of drug-likeness (QED) is 0.153. The van der Waals surface area contributed by atoms with E-state index in [0.717, 1.165) is 10.5 Å². The summed E-state index contributed by atoms with van der Waals surface area (Å²) in [6, 6.07) is 10.7. The molecule has 0 saturated carbocycles. The minimum Gasteiger partial charge on any atom is -0.462 e. The monoisotopic (exact) mass is 454 g/mol. The molecule has 0 amide bonds. The summed E-state index contributed by atoms with van der Waals surface area (Å²) in [7, 11) is 0. The van der Waals surface area contributed by atoms with Crippen molar-refractivity contribution >= 4 is 35.2 Å². The predicted molar refractivity (Wildman–Crippen MR) is 123 cm³/mol. The van der Waals surface area contributed by atoms with Gasteiger partial charge in [-0.2, -0.15) is 0 Å². The van der Waals surface area contributed by atoms with Gasteiger partial charge in [0.05, 0.1) is 17.2 Å². The number of ether oxygens (including phenoxy) is 1. The van der Waals surface area contributed by atoms with E-state index >= 15 is 0 Å². The van der Waals surface area contributed by atoms with E-state index in [2.05, 4.69) is 25.6 Å². The summed E-state index contributed by atoms with van der Waals surface area (Å²) in [4.78, 5) is 36.4. The molecule has 0 aliphatic carbocycles. The Morgan fingerprint density at radius 3 is 2.47 bits per heavy atom. The van der Waals surface area contributed by atoms with E-state index < -0.39 is 10.9 Å². The largest absolute Gasteiger partial charge is 0.462 e. The fourth-order valence-corrected chi connectivity index (χ4v) is 3.17. The number of nitrogens with one attached hydrogen (secondary N) is 2. The number of aromatic nitrogens is 3. The highest BCUT2D eigenvalue weighted by Crippen LogP contribution is 2.25. The lowest BCUT2D eigenvalue weighted by atomic mass is 10.1. The topological polar surface area (TPSA) is 132 Å². The Labute approximate surface area is 189 Å². The van der Waals surface area contributed by atoms with Crippen LogP contribution in [0.15, 0.2) is 53.7 Å². The molecule has 0 spiro atoms. The van der Waals surface area contributed by atoms with Crippen molar-refractivity contribution in [3.8, 4) is 11.3 Å². The van der Waals surface area contributed by atoms with Crippen LogP contribution in [0.25, 0.3) is 11.3 Å². The maximum Gasteiger partial charge on any atom is 0.341 e. The van der Waals surface area contributed by atoms with Gasteiger partial charge in [0.2, 0.25) is 5.95 Å². The Morgan fingerprint density at radius 1 is 1.09 bits per heavy atom. The van der Waals surface area contributed by atoms with Gasteiger partial charge in [0.15, 0.2) is 0 Å². The number of esters is 1. The Balaban J connectivity index is 1.69. The predicted octanol–water partition coefficient (Wildman–Crippen LogP) is 3.87. The molecule has 2 aromatic heterocycles. The zero-order valence-corrected chi connectivity index (χ0v) is 18.4. The number of rotatable bonds is 10. The summed E-state index contributed by atoms with van der Waals surface area (Å²) in [5.41, 5.74) is 1.49. The molecule has 3 aromatic rings. The number of pyridine rings is 1. The van der Waals surface area contributed by atoms with Crippen molar-refractivity contribution < 1.29 is 14.5 Å². The van der Waals surface area contributed by atoms with Gasteiger partial charge < -0.3 is 15.4 Å². The lowest BCUT2D eigenvalue weighted by Crippen LogP contribution is -2.17. The van der Waals surface area contributed by atoms with Crippen molar-refractivity contribution in [2.75, 3.05) is 36.6 Å². The van der Waals surface area contributed by atoms with Crippen LogP contribution in [0.2, 0.25) is 0 Å². The molecular weight excluding hydrogens is 432 g/mol. The molecule has 1 aromatic carbocycles. The van der Waals surface area contributed by atoms with Crippen molar-refractivity contribution in [3.63, 3.8) is 0 Å². The van der Waals surface area contributed by atoms with E-state index in [1.807, 2.05) is 30.5 Å². The van der Waals surface area contributed by atoms with Gasteiger partial charge in [0.25, 0.3) is 5.69 Å². The molecule has 0 aliphatic heterocycles. The van der Waals surface area contributed by atoms with Gasteiger partial charge in [-0.05, 0) is 31.4 Å². The number of hydrogen-bond acceptors (Lipinski definition) is 10. The van der Waals surface area contributed by atoms with Crippen LogP contribution in [0.3, 0.4) is 0 Å². The van der Waals surface area contributed by atoms with Crippen LogP contribution >= 0.6 is 11.8 Å². The van der Waals surface area contributed by atoms with Gasteiger partial charge in [-0.25, -0.2) is 19.7 Å². The second-order valence-electron chi connectivity index (χ2n) is 6.42. The summed E-state index contributed by atoms with van der Waals surface area (Å²) < 4.78 is 5.14. The molecular formula is C21H22N6O4S. The van der Waals surface area contributed by atoms with Crippen molar-refractivity contribution in [1.29, 1.82) is 0 Å². The van der Waals surface area contributed by atoms with Crippen LogP contribution in [-0.2, 0) is 4.74 Å². The van der Waals surface area contributed by atoms with Crippen molar-refractivity contribution in [2.45, 2.75) is 11.8 Å². The number of hydrogen-bond donors (Lipinski definition) is 2. The fraction of sp³-hybridized carbons (Fsp3) is 0.238. The Hall–Kier alpha value is -3.73. The summed E-state index contributed by atoms with van der Waals surface area (Å²) in [5, 5.41) is 16.8. The lowest BCUT2D eigenvalue weighted by molar-refractivity contribution is -0.385. The highest BCUT2D eigenvalue weighted by Gasteiger charge is 2.17. The zero-order chi connectivity index (χ0) is 22.9. The van der Waals surface area contributed by atoms with E-state index in [1.54, 1.807) is 24.8 Å². The van der Waals surface area contributed by atoms with Crippen LogP contribution in [0.5, 0.6) is 0 Å². The minimum atomic E-state index is -0.498. The Bertz CT molecular complexity index is 1080. The van der Waals surface area contributed by atoms with Crippen LogP contribution in [0.1, 0.15) is 17.3 Å². The molecule has 0 radical (unpaired) electrons. The Kier molecular flexibility index (Phi) is 7.92. The molecule has 32 heavy (non-hydrogen) atoms. The second kappa shape index (κ2) is 11.0. The molecule has 11 heteroatoms. The maximum atomic E-state index is 12.4. The average Bonchev–Trinajstić information content (AvgIpc) is 2.82. The summed E-state index contributed by atoms with van der Waals surface area (Å²) in [5.74, 6) is 0.403. The molecule has 0 atom stereocenters. The highest BCUT2D eigenvalue weighted by atomic mass is 32.2. The number of carbonyl (C=O) groups is 1. The molecule has 0 saturated heterocycles. The number of carbonyl (C=O) groups excluding carboxylic acids is 1. The summed E-state index contributed by atoms with van der Waals surface area (Å²) in [6.07, 6.45) is 4.64.